The van der Waals surface area contributed by atoms with Gasteiger partial charge in [-0.2, -0.15) is 0 Å². The van der Waals surface area contributed by atoms with Gasteiger partial charge in [0.15, 0.2) is 5.78 Å². The van der Waals surface area contributed by atoms with E-state index in [1.807, 2.05) is 6.08 Å². The van der Waals surface area contributed by atoms with E-state index in [4.69, 9.17) is 0 Å². The molecular weight excluding hydrogens is 292 g/mol. The molecule has 0 N–H and O–H groups in total. The molecule has 0 heterocycles. The van der Waals surface area contributed by atoms with Crippen LogP contribution >= 0.6 is 0 Å². The molecule has 0 aromatic heterocycles. The Labute approximate surface area is 152 Å². The summed E-state index contributed by atoms with van der Waals surface area (Å²) in [4.78, 5) is 11.5. The fraction of sp³-hybridized carbons (Fsp3) is 0.870. The number of allylic oxidation sites excluding steroid dienone is 2. The minimum Gasteiger partial charge on any atom is -0.295 e. The van der Waals surface area contributed by atoms with Gasteiger partial charge in [0.25, 0.3) is 0 Å². The molecule has 0 aromatic carbocycles. The molecular formula is C23H44O. The van der Waals surface area contributed by atoms with Crippen molar-refractivity contribution in [3.63, 3.8) is 0 Å². The standard InChI is InChI=1S/C23H44O/c1-3-5-7-8-9-10-11-12-13-14-15-16-17-18-19-20-22-23(24)21-6-4-2/h6,21H,3-5,7-20,22H2,1-2H3. The second-order valence-corrected chi connectivity index (χ2v) is 7.33. The minimum absolute atomic E-state index is 0.308. The molecule has 1 heteroatoms. The molecule has 0 aliphatic carbocycles. The number of hydrogen-bond acceptors (Lipinski definition) is 1. The molecule has 1 nitrogen and oxygen atoms in total. The topological polar surface area (TPSA) is 17.1 Å². The molecule has 0 amide bonds. The number of carbonyl (C=O) groups excluding carboxylic acids is 1. The number of hydrogen-bond donors (Lipinski definition) is 0. The Morgan fingerprint density at radius 1 is 0.583 bits per heavy atom. The van der Waals surface area contributed by atoms with E-state index in [0.717, 1.165) is 19.3 Å². The molecule has 142 valence electrons. The van der Waals surface area contributed by atoms with Gasteiger partial charge in [-0.25, -0.2) is 0 Å². The van der Waals surface area contributed by atoms with Crippen LogP contribution in [0.25, 0.3) is 0 Å². The lowest BCUT2D eigenvalue weighted by atomic mass is 10.0. The van der Waals surface area contributed by atoms with E-state index in [1.165, 1.54) is 96.3 Å². The van der Waals surface area contributed by atoms with Crippen LogP contribution in [0.1, 0.15) is 129 Å². The molecule has 0 unspecified atom stereocenters. The van der Waals surface area contributed by atoms with Crippen LogP contribution in [0.5, 0.6) is 0 Å². The van der Waals surface area contributed by atoms with Gasteiger partial charge in [0, 0.05) is 6.42 Å². The van der Waals surface area contributed by atoms with Crippen LogP contribution in [-0.4, -0.2) is 5.78 Å². The fourth-order valence-electron chi connectivity index (χ4n) is 3.18. The average molecular weight is 337 g/mol. The minimum atomic E-state index is 0.308. The molecule has 0 saturated carbocycles. The molecule has 0 rings (SSSR count). The van der Waals surface area contributed by atoms with Crippen molar-refractivity contribution in [3.05, 3.63) is 12.2 Å². The molecule has 0 aliphatic heterocycles. The van der Waals surface area contributed by atoms with Crippen molar-refractivity contribution < 1.29 is 4.79 Å². The summed E-state index contributed by atoms with van der Waals surface area (Å²) in [6.45, 7) is 4.35. The van der Waals surface area contributed by atoms with Crippen molar-refractivity contribution in [1.82, 2.24) is 0 Å². The molecule has 0 saturated heterocycles. The van der Waals surface area contributed by atoms with Gasteiger partial charge in [-0.05, 0) is 18.9 Å². The molecule has 0 fully saturated rings. The van der Waals surface area contributed by atoms with Gasteiger partial charge in [-0.15, -0.1) is 0 Å². The maximum Gasteiger partial charge on any atom is 0.155 e. The first-order valence-corrected chi connectivity index (χ1v) is 11.0. The summed E-state index contributed by atoms with van der Waals surface area (Å²) in [5, 5.41) is 0. The highest BCUT2D eigenvalue weighted by Gasteiger charge is 1.97. The van der Waals surface area contributed by atoms with E-state index in [0.29, 0.717) is 5.78 Å². The van der Waals surface area contributed by atoms with Gasteiger partial charge < -0.3 is 0 Å². The molecule has 0 radical (unpaired) electrons. The van der Waals surface area contributed by atoms with E-state index in [9.17, 15) is 4.79 Å². The third-order valence-electron chi connectivity index (χ3n) is 4.82. The summed E-state index contributed by atoms with van der Waals surface area (Å²) in [7, 11) is 0. The summed E-state index contributed by atoms with van der Waals surface area (Å²) in [5.41, 5.74) is 0. The highest BCUT2D eigenvalue weighted by Crippen LogP contribution is 2.14. The first kappa shape index (κ1) is 23.4. The van der Waals surface area contributed by atoms with Crippen LogP contribution in [-0.2, 0) is 4.79 Å². The smallest absolute Gasteiger partial charge is 0.155 e. The summed E-state index contributed by atoms with van der Waals surface area (Å²) in [6, 6.07) is 0. The zero-order chi connectivity index (χ0) is 17.7. The largest absolute Gasteiger partial charge is 0.295 e. The molecule has 0 atom stereocenters. The zero-order valence-corrected chi connectivity index (χ0v) is 16.8. The number of unbranched alkanes of at least 4 members (excludes halogenated alkanes) is 15. The lowest BCUT2D eigenvalue weighted by Crippen LogP contribution is -1.92. The van der Waals surface area contributed by atoms with Crippen LogP contribution in [0.4, 0.5) is 0 Å². The van der Waals surface area contributed by atoms with Gasteiger partial charge in [0.05, 0.1) is 0 Å². The number of ketones is 1. The average Bonchev–Trinajstić information content (AvgIpc) is 2.59. The predicted molar refractivity (Wildman–Crippen MR) is 109 cm³/mol. The highest BCUT2D eigenvalue weighted by molar-refractivity contribution is 5.89. The van der Waals surface area contributed by atoms with Gasteiger partial charge in [-0.3, -0.25) is 4.79 Å². The normalized spacial score (nSPS) is 11.4. The molecule has 0 bridgehead atoms. The van der Waals surface area contributed by atoms with Crippen molar-refractivity contribution >= 4 is 5.78 Å². The van der Waals surface area contributed by atoms with Crippen molar-refractivity contribution in [3.8, 4) is 0 Å². The van der Waals surface area contributed by atoms with Crippen molar-refractivity contribution in [1.29, 1.82) is 0 Å². The summed E-state index contributed by atoms with van der Waals surface area (Å²) >= 11 is 0. The predicted octanol–water partition coefficient (Wildman–Crippen LogP) is 8.17. The van der Waals surface area contributed by atoms with E-state index >= 15 is 0 Å². The molecule has 0 spiro atoms. The van der Waals surface area contributed by atoms with Gasteiger partial charge in [0.2, 0.25) is 0 Å². The maximum absolute atomic E-state index is 11.5. The first-order chi connectivity index (χ1) is 11.8. The monoisotopic (exact) mass is 336 g/mol. The second-order valence-electron chi connectivity index (χ2n) is 7.33. The first-order valence-electron chi connectivity index (χ1n) is 11.0. The summed E-state index contributed by atoms with van der Waals surface area (Å²) in [6.07, 6.45) is 27.5. The third-order valence-corrected chi connectivity index (χ3v) is 4.82. The van der Waals surface area contributed by atoms with E-state index in [2.05, 4.69) is 13.8 Å². The zero-order valence-electron chi connectivity index (χ0n) is 16.8. The third kappa shape index (κ3) is 19.5. The Balaban J connectivity index is 3.07. The van der Waals surface area contributed by atoms with Crippen LogP contribution in [0.15, 0.2) is 12.2 Å². The fourth-order valence-corrected chi connectivity index (χ4v) is 3.18. The van der Waals surface area contributed by atoms with E-state index in [1.54, 1.807) is 6.08 Å². The van der Waals surface area contributed by atoms with Gasteiger partial charge in [0.1, 0.15) is 0 Å². The summed E-state index contributed by atoms with van der Waals surface area (Å²) in [5.74, 6) is 0.308. The highest BCUT2D eigenvalue weighted by atomic mass is 16.1. The lowest BCUT2D eigenvalue weighted by Gasteiger charge is -2.03. The molecule has 24 heavy (non-hydrogen) atoms. The van der Waals surface area contributed by atoms with Gasteiger partial charge >= 0.3 is 0 Å². The quantitative estimate of drug-likeness (QED) is 0.172. The van der Waals surface area contributed by atoms with E-state index in [-0.39, 0.29) is 0 Å². The van der Waals surface area contributed by atoms with Crippen molar-refractivity contribution in [2.24, 2.45) is 0 Å². The van der Waals surface area contributed by atoms with Gasteiger partial charge in [-0.1, -0.05) is 116 Å². The van der Waals surface area contributed by atoms with Crippen LogP contribution in [0.2, 0.25) is 0 Å². The Morgan fingerprint density at radius 2 is 0.958 bits per heavy atom. The second kappa shape index (κ2) is 20.5. The number of rotatable bonds is 19. The van der Waals surface area contributed by atoms with Crippen LogP contribution in [0.3, 0.4) is 0 Å². The summed E-state index contributed by atoms with van der Waals surface area (Å²) < 4.78 is 0. The van der Waals surface area contributed by atoms with E-state index < -0.39 is 0 Å². The molecule has 0 aliphatic rings. The SMILES string of the molecule is CCC=CC(=O)CCCCCCCCCCCCCCCCCC. The number of carbonyl (C=O) groups is 1. The maximum atomic E-state index is 11.5. The Bertz CT molecular complexity index is 280. The Morgan fingerprint density at radius 3 is 1.33 bits per heavy atom. The van der Waals surface area contributed by atoms with Crippen LogP contribution < -0.4 is 0 Å². The Hall–Kier alpha value is -0.590. The van der Waals surface area contributed by atoms with Crippen molar-refractivity contribution in [2.75, 3.05) is 0 Å². The Kier molecular flexibility index (Phi) is 20.0. The molecule has 0 aromatic rings. The lowest BCUT2D eigenvalue weighted by molar-refractivity contribution is -0.114. The van der Waals surface area contributed by atoms with Crippen LogP contribution in [0, 0.1) is 0 Å². The van der Waals surface area contributed by atoms with Crippen molar-refractivity contribution in [2.45, 2.75) is 129 Å².